The van der Waals surface area contributed by atoms with Crippen LogP contribution in [-0.4, -0.2) is 73.4 Å². The molecule has 1 amide bonds. The average molecular weight is 930 g/mol. The SMILES string of the molecule is CCCCCCCCCCCCCCCCCCCCCCCCCCCCC(O)C(COP(=O)(O)OCC[N+](C)(C)C)NC(=O)CCCCCCCCCCCCCCCCCC. The van der Waals surface area contributed by atoms with Crippen molar-refractivity contribution in [1.82, 2.24) is 5.32 Å². The first kappa shape index (κ1) is 63.5. The number of aliphatic hydroxyl groups excluding tert-OH is 1. The lowest BCUT2D eigenvalue weighted by molar-refractivity contribution is -0.870. The van der Waals surface area contributed by atoms with Gasteiger partial charge in [0.2, 0.25) is 5.91 Å². The number of aliphatic hydroxyl groups is 1. The number of unbranched alkanes of at least 4 members (excludes halogenated alkanes) is 40. The van der Waals surface area contributed by atoms with Crippen molar-refractivity contribution in [2.24, 2.45) is 0 Å². The topological polar surface area (TPSA) is 105 Å². The van der Waals surface area contributed by atoms with Crippen molar-refractivity contribution in [2.45, 2.75) is 309 Å². The number of phosphoric ester groups is 1. The molecule has 3 unspecified atom stereocenters. The van der Waals surface area contributed by atoms with E-state index in [-0.39, 0.29) is 19.1 Å². The Balaban J connectivity index is 4.10. The molecular weight excluding hydrogens is 816 g/mol. The summed E-state index contributed by atoms with van der Waals surface area (Å²) in [6.07, 6.45) is 55.8. The third kappa shape index (κ3) is 49.4. The molecule has 0 bridgehead atoms. The molecule has 0 radical (unpaired) electrons. The molecule has 0 aliphatic heterocycles. The monoisotopic (exact) mass is 930 g/mol. The molecule has 0 heterocycles. The van der Waals surface area contributed by atoms with Gasteiger partial charge in [-0.2, -0.15) is 0 Å². The van der Waals surface area contributed by atoms with Gasteiger partial charge in [-0.15, -0.1) is 0 Å². The maximum absolute atomic E-state index is 13.0. The highest BCUT2D eigenvalue weighted by molar-refractivity contribution is 7.47. The largest absolute Gasteiger partial charge is 0.472 e. The van der Waals surface area contributed by atoms with Crippen molar-refractivity contribution in [1.29, 1.82) is 0 Å². The zero-order valence-corrected chi connectivity index (χ0v) is 44.7. The Morgan fingerprint density at radius 3 is 1.05 bits per heavy atom. The molecule has 3 atom stereocenters. The third-order valence-corrected chi connectivity index (χ3v) is 14.3. The first-order valence-corrected chi connectivity index (χ1v) is 29.9. The number of amides is 1. The Labute approximate surface area is 399 Å². The second-order valence-corrected chi connectivity index (χ2v) is 22.5. The summed E-state index contributed by atoms with van der Waals surface area (Å²) in [5, 5.41) is 14.1. The summed E-state index contributed by atoms with van der Waals surface area (Å²) in [7, 11) is 1.64. The van der Waals surface area contributed by atoms with Gasteiger partial charge in [-0.25, -0.2) is 4.57 Å². The fourth-order valence-electron chi connectivity index (χ4n) is 8.87. The molecule has 0 saturated heterocycles. The maximum atomic E-state index is 13.0. The highest BCUT2D eigenvalue weighted by Gasteiger charge is 2.28. The Morgan fingerprint density at radius 2 is 0.750 bits per heavy atom. The van der Waals surface area contributed by atoms with E-state index in [2.05, 4.69) is 19.2 Å². The number of hydrogen-bond donors (Lipinski definition) is 3. The first-order valence-electron chi connectivity index (χ1n) is 28.4. The van der Waals surface area contributed by atoms with E-state index in [9.17, 15) is 19.4 Å². The Bertz CT molecular complexity index is 1010. The van der Waals surface area contributed by atoms with E-state index in [1.165, 1.54) is 231 Å². The number of carbonyl (C=O) groups is 1. The number of quaternary nitrogens is 1. The summed E-state index contributed by atoms with van der Waals surface area (Å²) >= 11 is 0. The highest BCUT2D eigenvalue weighted by Crippen LogP contribution is 2.43. The molecule has 0 aliphatic carbocycles. The van der Waals surface area contributed by atoms with Crippen LogP contribution in [0.25, 0.3) is 0 Å². The molecular formula is C55H114N2O6P+. The smallest absolute Gasteiger partial charge is 0.391 e. The minimum atomic E-state index is -4.32. The second-order valence-electron chi connectivity index (χ2n) is 21.0. The van der Waals surface area contributed by atoms with Crippen molar-refractivity contribution < 1.29 is 32.9 Å². The van der Waals surface area contributed by atoms with Crippen LogP contribution in [0.3, 0.4) is 0 Å². The highest BCUT2D eigenvalue weighted by atomic mass is 31.2. The number of nitrogens with zero attached hydrogens (tertiary/aromatic N) is 1. The van der Waals surface area contributed by atoms with Crippen molar-refractivity contribution in [3.05, 3.63) is 0 Å². The molecule has 0 spiro atoms. The summed E-state index contributed by atoms with van der Waals surface area (Å²) in [6.45, 7) is 4.94. The lowest BCUT2D eigenvalue weighted by Gasteiger charge is -2.26. The van der Waals surface area contributed by atoms with E-state index in [1.54, 1.807) is 0 Å². The van der Waals surface area contributed by atoms with Crippen LogP contribution >= 0.6 is 7.82 Å². The first-order chi connectivity index (χ1) is 31.0. The summed E-state index contributed by atoms with van der Waals surface area (Å²) < 4.78 is 23.8. The van der Waals surface area contributed by atoms with E-state index in [0.717, 1.165) is 38.5 Å². The summed E-state index contributed by atoms with van der Waals surface area (Å²) in [4.78, 5) is 23.3. The van der Waals surface area contributed by atoms with Gasteiger partial charge in [0, 0.05) is 6.42 Å². The van der Waals surface area contributed by atoms with Gasteiger partial charge in [-0.05, 0) is 12.8 Å². The van der Waals surface area contributed by atoms with Gasteiger partial charge in [0.05, 0.1) is 39.9 Å². The van der Waals surface area contributed by atoms with Crippen LogP contribution in [0.2, 0.25) is 0 Å². The Morgan fingerprint density at radius 1 is 0.469 bits per heavy atom. The van der Waals surface area contributed by atoms with E-state index in [0.29, 0.717) is 23.9 Å². The van der Waals surface area contributed by atoms with Gasteiger partial charge < -0.3 is 19.8 Å². The molecule has 0 aliphatic rings. The van der Waals surface area contributed by atoms with Crippen molar-refractivity contribution >= 4 is 13.7 Å². The van der Waals surface area contributed by atoms with E-state index in [1.807, 2.05) is 21.1 Å². The van der Waals surface area contributed by atoms with Crippen molar-refractivity contribution in [3.63, 3.8) is 0 Å². The molecule has 0 fully saturated rings. The number of carbonyl (C=O) groups excluding carboxylic acids is 1. The Hall–Kier alpha value is -0.500. The zero-order valence-electron chi connectivity index (χ0n) is 43.8. The van der Waals surface area contributed by atoms with E-state index in [4.69, 9.17) is 9.05 Å². The molecule has 3 N–H and O–H groups in total. The van der Waals surface area contributed by atoms with Crippen molar-refractivity contribution in [3.8, 4) is 0 Å². The van der Waals surface area contributed by atoms with Crippen LogP contribution in [0.15, 0.2) is 0 Å². The summed E-state index contributed by atoms with van der Waals surface area (Å²) in [5.74, 6) is -0.137. The molecule has 0 aromatic heterocycles. The molecule has 0 aromatic rings. The molecule has 9 heteroatoms. The van der Waals surface area contributed by atoms with E-state index < -0.39 is 20.0 Å². The van der Waals surface area contributed by atoms with Gasteiger partial charge in [0.15, 0.2) is 0 Å². The maximum Gasteiger partial charge on any atom is 0.472 e. The van der Waals surface area contributed by atoms with Gasteiger partial charge in [-0.3, -0.25) is 13.8 Å². The second kappa shape index (κ2) is 47.6. The third-order valence-electron chi connectivity index (χ3n) is 13.4. The number of likely N-dealkylation sites (N-methyl/N-ethyl adjacent to an activating group) is 1. The van der Waals surface area contributed by atoms with Crippen LogP contribution in [-0.2, 0) is 18.4 Å². The number of nitrogens with one attached hydrogen (secondary N) is 1. The predicted molar refractivity (Wildman–Crippen MR) is 277 cm³/mol. The van der Waals surface area contributed by atoms with E-state index >= 15 is 0 Å². The van der Waals surface area contributed by atoms with Gasteiger partial charge in [0.25, 0.3) is 0 Å². The molecule has 0 saturated carbocycles. The van der Waals surface area contributed by atoms with Crippen LogP contribution in [0.4, 0.5) is 0 Å². The Kier molecular flexibility index (Phi) is 47.2. The van der Waals surface area contributed by atoms with Crippen molar-refractivity contribution in [2.75, 3.05) is 40.9 Å². The fourth-order valence-corrected chi connectivity index (χ4v) is 9.61. The molecule has 8 nitrogen and oxygen atoms in total. The fraction of sp³-hybridized carbons (Fsp3) is 0.982. The molecule has 0 rings (SSSR count). The van der Waals surface area contributed by atoms with Gasteiger partial charge in [0.1, 0.15) is 13.2 Å². The standard InChI is InChI=1S/C55H113N2O6P/c1-6-8-10-12-14-16-18-20-22-24-25-26-27-28-29-30-31-32-33-34-36-38-40-42-44-46-48-54(58)53(52-63-64(60,61)62-51-50-57(3,4)5)56-55(59)49-47-45-43-41-39-37-35-23-21-19-17-15-13-11-9-7-2/h53-54,58H,6-52H2,1-5H3,(H-,56,59,60,61)/p+1. The summed E-state index contributed by atoms with van der Waals surface area (Å²) in [5.41, 5.74) is 0. The molecule has 64 heavy (non-hydrogen) atoms. The van der Waals surface area contributed by atoms with Gasteiger partial charge in [-0.1, -0.05) is 277 Å². The minimum Gasteiger partial charge on any atom is -0.391 e. The lowest BCUT2D eigenvalue weighted by atomic mass is 10.0. The quantitative estimate of drug-likeness (QED) is 0.0319. The molecule has 384 valence electrons. The number of hydrogen-bond acceptors (Lipinski definition) is 5. The van der Waals surface area contributed by atoms with Crippen LogP contribution in [0, 0.1) is 0 Å². The normalized spacial score (nSPS) is 13.9. The van der Waals surface area contributed by atoms with Gasteiger partial charge >= 0.3 is 7.82 Å². The minimum absolute atomic E-state index is 0.0791. The molecule has 0 aromatic carbocycles. The van der Waals surface area contributed by atoms with Crippen LogP contribution in [0.1, 0.15) is 296 Å². The number of rotatable bonds is 53. The summed E-state index contributed by atoms with van der Waals surface area (Å²) in [6, 6.07) is -0.754. The predicted octanol–water partition coefficient (Wildman–Crippen LogP) is 16.9. The average Bonchev–Trinajstić information content (AvgIpc) is 3.25. The number of phosphoric acid groups is 1. The van der Waals surface area contributed by atoms with Crippen LogP contribution < -0.4 is 5.32 Å². The van der Waals surface area contributed by atoms with Crippen LogP contribution in [0.5, 0.6) is 0 Å². The lowest BCUT2D eigenvalue weighted by Crippen LogP contribution is -2.46. The zero-order chi connectivity index (χ0) is 47.1.